The Morgan fingerprint density at radius 1 is 1.57 bits per heavy atom. The van der Waals surface area contributed by atoms with E-state index in [0.717, 1.165) is 0 Å². The molecule has 0 spiro atoms. The highest BCUT2D eigenvalue weighted by Crippen LogP contribution is 2.14. The van der Waals surface area contributed by atoms with E-state index < -0.39 is 0 Å². The molecule has 0 atom stereocenters. The lowest BCUT2D eigenvalue weighted by atomic mass is 10.2. The normalized spacial score (nSPS) is 9.71. The number of carbonyl (C=O) groups is 1. The molecular formula is C8H11ClN4O. The minimum absolute atomic E-state index is 0.147. The molecule has 5 nitrogen and oxygen atoms in total. The Balaban J connectivity index is 3.09. The summed E-state index contributed by atoms with van der Waals surface area (Å²) in [7, 11) is 3.32. The zero-order valence-electron chi connectivity index (χ0n) is 7.91. The number of hydrazine groups is 1. The molecule has 76 valence electrons. The number of nitrogens with two attached hydrogens (primary N) is 1. The number of hydrogen-bond acceptors (Lipinski definition) is 4. The molecule has 0 radical (unpaired) electrons. The predicted octanol–water partition coefficient (Wildman–Crippen LogP) is 0.722. The fraction of sp³-hybridized carbons (Fsp3) is 0.250. The van der Waals surface area contributed by atoms with Crippen LogP contribution >= 0.6 is 11.6 Å². The van der Waals surface area contributed by atoms with Gasteiger partial charge in [0.2, 0.25) is 0 Å². The van der Waals surface area contributed by atoms with Crippen molar-refractivity contribution in [3.8, 4) is 0 Å². The van der Waals surface area contributed by atoms with E-state index in [0.29, 0.717) is 11.4 Å². The molecular weight excluding hydrogens is 204 g/mol. The first kappa shape index (κ1) is 10.7. The lowest BCUT2D eigenvalue weighted by molar-refractivity contribution is 0.0827. The van der Waals surface area contributed by atoms with Crippen molar-refractivity contribution in [2.45, 2.75) is 0 Å². The van der Waals surface area contributed by atoms with E-state index in [9.17, 15) is 4.79 Å². The highest BCUT2D eigenvalue weighted by molar-refractivity contribution is 6.29. The summed E-state index contributed by atoms with van der Waals surface area (Å²) in [6, 6.07) is 3.03. The van der Waals surface area contributed by atoms with Gasteiger partial charge < -0.3 is 10.3 Å². The zero-order chi connectivity index (χ0) is 10.7. The standard InChI is InChI=1S/C8H11ClN4O/c1-13(2)8(14)5-3-6(9)11-7(4-5)12-10/h3-4H,10H2,1-2H3,(H,11,12). The molecule has 0 bridgehead atoms. The molecule has 3 N–H and O–H groups in total. The largest absolute Gasteiger partial charge is 0.345 e. The summed E-state index contributed by atoms with van der Waals surface area (Å²) in [5.41, 5.74) is 2.78. The average Bonchev–Trinajstić information content (AvgIpc) is 2.15. The monoisotopic (exact) mass is 214 g/mol. The highest BCUT2D eigenvalue weighted by atomic mass is 35.5. The number of nitrogen functional groups attached to an aromatic ring is 1. The van der Waals surface area contributed by atoms with Crippen LogP contribution in [0.4, 0.5) is 5.82 Å². The molecule has 0 saturated carbocycles. The predicted molar refractivity (Wildman–Crippen MR) is 55.1 cm³/mol. The molecule has 1 heterocycles. The van der Waals surface area contributed by atoms with E-state index in [-0.39, 0.29) is 11.1 Å². The summed E-state index contributed by atoms with van der Waals surface area (Å²) in [6.07, 6.45) is 0. The molecule has 0 fully saturated rings. The van der Waals surface area contributed by atoms with Crippen molar-refractivity contribution in [2.24, 2.45) is 5.84 Å². The quantitative estimate of drug-likeness (QED) is 0.433. The molecule has 1 amide bonds. The van der Waals surface area contributed by atoms with Crippen LogP contribution in [0.15, 0.2) is 12.1 Å². The highest BCUT2D eigenvalue weighted by Gasteiger charge is 2.10. The van der Waals surface area contributed by atoms with Gasteiger partial charge in [0.1, 0.15) is 11.0 Å². The van der Waals surface area contributed by atoms with E-state index in [2.05, 4.69) is 10.4 Å². The maximum absolute atomic E-state index is 11.5. The second-order valence-corrected chi connectivity index (χ2v) is 3.29. The summed E-state index contributed by atoms with van der Waals surface area (Å²) >= 11 is 5.70. The van der Waals surface area contributed by atoms with Gasteiger partial charge in [0.05, 0.1) is 0 Å². The number of amides is 1. The van der Waals surface area contributed by atoms with Crippen LogP contribution in [-0.4, -0.2) is 29.9 Å². The second-order valence-electron chi connectivity index (χ2n) is 2.91. The van der Waals surface area contributed by atoms with E-state index in [1.807, 2.05) is 0 Å². The van der Waals surface area contributed by atoms with Gasteiger partial charge >= 0.3 is 0 Å². The Morgan fingerprint density at radius 2 is 2.21 bits per heavy atom. The number of nitrogens with zero attached hydrogens (tertiary/aromatic N) is 2. The molecule has 14 heavy (non-hydrogen) atoms. The minimum Gasteiger partial charge on any atom is -0.345 e. The third kappa shape index (κ3) is 2.34. The van der Waals surface area contributed by atoms with Crippen LogP contribution in [0.2, 0.25) is 5.15 Å². The van der Waals surface area contributed by atoms with E-state index in [4.69, 9.17) is 17.4 Å². The molecule has 0 saturated heterocycles. The van der Waals surface area contributed by atoms with Gasteiger partial charge in [-0.15, -0.1) is 0 Å². The first-order valence-corrected chi connectivity index (χ1v) is 4.28. The molecule has 0 aliphatic heterocycles. The Hall–Kier alpha value is -1.33. The van der Waals surface area contributed by atoms with Gasteiger partial charge in [0.15, 0.2) is 0 Å². The summed E-state index contributed by atoms with van der Waals surface area (Å²) in [4.78, 5) is 16.8. The third-order valence-corrected chi connectivity index (χ3v) is 1.79. The molecule has 1 rings (SSSR count). The Kier molecular flexibility index (Phi) is 3.27. The Morgan fingerprint density at radius 3 is 2.71 bits per heavy atom. The van der Waals surface area contributed by atoms with Gasteiger partial charge in [-0.3, -0.25) is 4.79 Å². The zero-order valence-corrected chi connectivity index (χ0v) is 8.67. The van der Waals surface area contributed by atoms with Crippen LogP contribution in [0, 0.1) is 0 Å². The second kappa shape index (κ2) is 4.26. The van der Waals surface area contributed by atoms with Gasteiger partial charge in [-0.05, 0) is 12.1 Å². The van der Waals surface area contributed by atoms with Crippen molar-refractivity contribution >= 4 is 23.3 Å². The molecule has 1 aromatic rings. The summed E-state index contributed by atoms with van der Waals surface area (Å²) in [5.74, 6) is 5.38. The number of aromatic nitrogens is 1. The lowest BCUT2D eigenvalue weighted by Gasteiger charge is -2.11. The summed E-state index contributed by atoms with van der Waals surface area (Å²) in [6.45, 7) is 0. The molecule has 0 aromatic carbocycles. The van der Waals surface area contributed by atoms with E-state index in [1.54, 1.807) is 14.1 Å². The van der Waals surface area contributed by atoms with Crippen LogP contribution in [-0.2, 0) is 0 Å². The van der Waals surface area contributed by atoms with Gasteiger partial charge in [-0.1, -0.05) is 11.6 Å². The van der Waals surface area contributed by atoms with Crippen LogP contribution in [0.5, 0.6) is 0 Å². The van der Waals surface area contributed by atoms with Gasteiger partial charge in [0.25, 0.3) is 5.91 Å². The SMILES string of the molecule is CN(C)C(=O)c1cc(Cl)nc(NN)c1. The van der Waals surface area contributed by atoms with Crippen molar-refractivity contribution in [2.75, 3.05) is 19.5 Å². The molecule has 6 heteroatoms. The number of pyridine rings is 1. The summed E-state index contributed by atoms with van der Waals surface area (Å²) in [5, 5.41) is 0.227. The number of anilines is 1. The van der Waals surface area contributed by atoms with Crippen LogP contribution < -0.4 is 11.3 Å². The number of halogens is 1. The van der Waals surface area contributed by atoms with Gasteiger partial charge in [-0.2, -0.15) is 0 Å². The fourth-order valence-corrected chi connectivity index (χ4v) is 1.16. The van der Waals surface area contributed by atoms with E-state index in [1.165, 1.54) is 17.0 Å². The number of rotatable bonds is 2. The topological polar surface area (TPSA) is 71.2 Å². The van der Waals surface area contributed by atoms with Crippen LogP contribution in [0.25, 0.3) is 0 Å². The fourth-order valence-electron chi connectivity index (χ4n) is 0.953. The third-order valence-electron chi connectivity index (χ3n) is 1.60. The smallest absolute Gasteiger partial charge is 0.253 e. The number of carbonyl (C=O) groups excluding carboxylic acids is 1. The van der Waals surface area contributed by atoms with Crippen molar-refractivity contribution in [3.05, 3.63) is 22.8 Å². The van der Waals surface area contributed by atoms with Crippen molar-refractivity contribution in [3.63, 3.8) is 0 Å². The van der Waals surface area contributed by atoms with E-state index >= 15 is 0 Å². The minimum atomic E-state index is -0.147. The Bertz CT molecular complexity index is 353. The number of nitrogens with one attached hydrogen (secondary N) is 1. The van der Waals surface area contributed by atoms with Gasteiger partial charge in [0, 0.05) is 19.7 Å². The summed E-state index contributed by atoms with van der Waals surface area (Å²) < 4.78 is 0. The van der Waals surface area contributed by atoms with Crippen LogP contribution in [0.1, 0.15) is 10.4 Å². The lowest BCUT2D eigenvalue weighted by Crippen LogP contribution is -2.22. The maximum atomic E-state index is 11.5. The molecule has 1 aromatic heterocycles. The van der Waals surface area contributed by atoms with Gasteiger partial charge in [-0.25, -0.2) is 10.8 Å². The number of hydrogen-bond donors (Lipinski definition) is 2. The van der Waals surface area contributed by atoms with Crippen molar-refractivity contribution < 1.29 is 4.79 Å². The molecule has 0 aliphatic rings. The first-order chi connectivity index (χ1) is 6.54. The van der Waals surface area contributed by atoms with Crippen LogP contribution in [0.3, 0.4) is 0 Å². The average molecular weight is 215 g/mol. The van der Waals surface area contributed by atoms with Crippen molar-refractivity contribution in [1.29, 1.82) is 0 Å². The van der Waals surface area contributed by atoms with Crippen molar-refractivity contribution in [1.82, 2.24) is 9.88 Å². The molecule has 0 unspecified atom stereocenters. The molecule has 0 aliphatic carbocycles. The Labute approximate surface area is 86.8 Å². The first-order valence-electron chi connectivity index (χ1n) is 3.90. The maximum Gasteiger partial charge on any atom is 0.253 e.